The predicted molar refractivity (Wildman–Crippen MR) is 111 cm³/mol. The van der Waals surface area contributed by atoms with Crippen LogP contribution < -0.4 is 5.32 Å². The summed E-state index contributed by atoms with van der Waals surface area (Å²) in [7, 11) is -1.10. The highest BCUT2D eigenvalue weighted by atomic mass is 28.3. The van der Waals surface area contributed by atoms with E-state index in [4.69, 9.17) is 4.74 Å². The number of aldehydes is 1. The second-order valence-corrected chi connectivity index (χ2v) is 14.3. The van der Waals surface area contributed by atoms with Crippen molar-refractivity contribution in [1.82, 2.24) is 9.55 Å². The van der Waals surface area contributed by atoms with Crippen LogP contribution in [0.3, 0.4) is 0 Å². The van der Waals surface area contributed by atoms with Crippen molar-refractivity contribution < 1.29 is 14.6 Å². The number of anilines is 1. The van der Waals surface area contributed by atoms with Gasteiger partial charge in [-0.05, 0) is 37.8 Å². The summed E-state index contributed by atoms with van der Waals surface area (Å²) in [6, 6.07) is 3.40. The molecule has 0 aliphatic heterocycles. The SMILES string of the molecule is C[Si](C)(C)CCOCn1ccc2c(NC3CCC(O)CC3)c(C=O)cnc21. The first-order valence-electron chi connectivity index (χ1n) is 9.83. The van der Waals surface area contributed by atoms with Gasteiger partial charge in [0.1, 0.15) is 12.4 Å². The number of carbonyl (C=O) groups excluding carboxylic acids is 1. The highest BCUT2D eigenvalue weighted by Crippen LogP contribution is 2.30. The van der Waals surface area contributed by atoms with E-state index in [0.717, 1.165) is 61.3 Å². The van der Waals surface area contributed by atoms with Crippen LogP contribution in [0.1, 0.15) is 36.0 Å². The van der Waals surface area contributed by atoms with Crippen LogP contribution in [0.15, 0.2) is 18.5 Å². The van der Waals surface area contributed by atoms with Gasteiger partial charge in [0, 0.05) is 38.5 Å². The molecule has 2 aromatic heterocycles. The highest BCUT2D eigenvalue weighted by molar-refractivity contribution is 6.76. The molecule has 6 nitrogen and oxygen atoms in total. The lowest BCUT2D eigenvalue weighted by atomic mass is 9.92. The maximum absolute atomic E-state index is 11.5. The van der Waals surface area contributed by atoms with E-state index >= 15 is 0 Å². The zero-order valence-corrected chi connectivity index (χ0v) is 17.6. The zero-order chi connectivity index (χ0) is 19.4. The molecule has 1 aliphatic rings. The number of aliphatic hydroxyl groups is 1. The molecule has 0 amide bonds. The van der Waals surface area contributed by atoms with Crippen LogP contribution in [0.4, 0.5) is 5.69 Å². The summed E-state index contributed by atoms with van der Waals surface area (Å²) in [5.41, 5.74) is 2.25. The van der Waals surface area contributed by atoms with Crippen LogP contribution in [-0.2, 0) is 11.5 Å². The van der Waals surface area contributed by atoms with Crippen molar-refractivity contribution in [2.45, 2.75) is 70.2 Å². The van der Waals surface area contributed by atoms with Crippen molar-refractivity contribution in [2.75, 3.05) is 11.9 Å². The molecule has 0 bridgehead atoms. The molecule has 3 rings (SSSR count). The molecular weight excluding hydrogens is 358 g/mol. The van der Waals surface area contributed by atoms with E-state index in [1.165, 1.54) is 0 Å². The average Bonchev–Trinajstić information content (AvgIpc) is 3.03. The van der Waals surface area contributed by atoms with Crippen LogP contribution in [0.25, 0.3) is 11.0 Å². The number of fused-ring (bicyclic) bond motifs is 1. The van der Waals surface area contributed by atoms with E-state index < -0.39 is 8.07 Å². The van der Waals surface area contributed by atoms with Gasteiger partial charge in [-0.3, -0.25) is 4.79 Å². The minimum atomic E-state index is -1.10. The lowest BCUT2D eigenvalue weighted by Gasteiger charge is -2.27. The van der Waals surface area contributed by atoms with Gasteiger partial charge in [-0.25, -0.2) is 4.98 Å². The summed E-state index contributed by atoms with van der Waals surface area (Å²) < 4.78 is 7.85. The molecule has 2 aromatic rings. The summed E-state index contributed by atoms with van der Waals surface area (Å²) in [5.74, 6) is 0. The van der Waals surface area contributed by atoms with Crippen LogP contribution in [0, 0.1) is 0 Å². The van der Waals surface area contributed by atoms with Gasteiger partial charge in [0.05, 0.1) is 17.4 Å². The Hall–Kier alpha value is -1.70. The zero-order valence-electron chi connectivity index (χ0n) is 16.6. The Bertz CT molecular complexity index is 777. The number of pyridine rings is 1. The third-order valence-electron chi connectivity index (χ3n) is 5.22. The molecule has 1 aliphatic carbocycles. The van der Waals surface area contributed by atoms with Crippen LogP contribution in [0.2, 0.25) is 25.7 Å². The molecule has 0 saturated heterocycles. The van der Waals surface area contributed by atoms with Crippen LogP contribution >= 0.6 is 0 Å². The van der Waals surface area contributed by atoms with Gasteiger partial charge in [-0.1, -0.05) is 19.6 Å². The molecule has 7 heteroatoms. The number of nitrogens with one attached hydrogen (secondary N) is 1. The maximum Gasteiger partial charge on any atom is 0.153 e. The van der Waals surface area contributed by atoms with E-state index in [9.17, 15) is 9.90 Å². The Morgan fingerprint density at radius 2 is 2.07 bits per heavy atom. The van der Waals surface area contributed by atoms with Gasteiger partial charge in [0.25, 0.3) is 0 Å². The summed E-state index contributed by atoms with van der Waals surface area (Å²) in [5, 5.41) is 14.2. The molecule has 0 radical (unpaired) electrons. The number of rotatable bonds is 8. The largest absolute Gasteiger partial charge is 0.393 e. The number of hydrogen-bond donors (Lipinski definition) is 2. The van der Waals surface area contributed by atoms with Crippen molar-refractivity contribution in [3.63, 3.8) is 0 Å². The monoisotopic (exact) mass is 389 g/mol. The lowest BCUT2D eigenvalue weighted by Crippen LogP contribution is -2.28. The molecule has 2 N–H and O–H groups in total. The van der Waals surface area contributed by atoms with Crippen molar-refractivity contribution in [3.8, 4) is 0 Å². The first-order chi connectivity index (χ1) is 12.9. The van der Waals surface area contributed by atoms with Gasteiger partial charge in [0.2, 0.25) is 0 Å². The highest BCUT2D eigenvalue weighted by Gasteiger charge is 2.21. The Kier molecular flexibility index (Phi) is 6.34. The topological polar surface area (TPSA) is 76.4 Å². The van der Waals surface area contributed by atoms with E-state index in [1.807, 2.05) is 16.8 Å². The fourth-order valence-corrected chi connectivity index (χ4v) is 4.23. The van der Waals surface area contributed by atoms with Gasteiger partial charge in [-0.2, -0.15) is 0 Å². The molecule has 1 fully saturated rings. The van der Waals surface area contributed by atoms with Gasteiger partial charge in [-0.15, -0.1) is 0 Å². The van der Waals surface area contributed by atoms with Crippen molar-refractivity contribution in [3.05, 3.63) is 24.0 Å². The average molecular weight is 390 g/mol. The van der Waals surface area contributed by atoms with E-state index in [0.29, 0.717) is 12.3 Å². The summed E-state index contributed by atoms with van der Waals surface area (Å²) in [6.07, 6.45) is 7.68. The minimum absolute atomic E-state index is 0.194. The molecule has 27 heavy (non-hydrogen) atoms. The van der Waals surface area contributed by atoms with Gasteiger partial charge in [0.15, 0.2) is 6.29 Å². The Morgan fingerprint density at radius 1 is 1.33 bits per heavy atom. The van der Waals surface area contributed by atoms with Crippen molar-refractivity contribution in [1.29, 1.82) is 0 Å². The number of ether oxygens (including phenoxy) is 1. The first kappa shape index (κ1) is 20.0. The first-order valence-corrected chi connectivity index (χ1v) is 13.5. The lowest BCUT2D eigenvalue weighted by molar-refractivity contribution is 0.0899. The van der Waals surface area contributed by atoms with Crippen LogP contribution in [0.5, 0.6) is 0 Å². The molecule has 0 spiro atoms. The summed E-state index contributed by atoms with van der Waals surface area (Å²) in [4.78, 5) is 16.0. The normalized spacial score (nSPS) is 20.7. The van der Waals surface area contributed by atoms with E-state index in [-0.39, 0.29) is 12.1 Å². The Balaban J connectivity index is 1.75. The van der Waals surface area contributed by atoms with E-state index in [1.54, 1.807) is 6.20 Å². The second kappa shape index (κ2) is 8.54. The van der Waals surface area contributed by atoms with Crippen molar-refractivity contribution in [2.24, 2.45) is 0 Å². The third kappa shape index (κ3) is 5.18. The Labute approximate surface area is 161 Å². The van der Waals surface area contributed by atoms with Crippen LogP contribution in [-0.4, -0.2) is 47.8 Å². The number of aromatic nitrogens is 2. The maximum atomic E-state index is 11.5. The molecular formula is C20H31N3O3Si. The molecule has 0 unspecified atom stereocenters. The molecule has 2 heterocycles. The third-order valence-corrected chi connectivity index (χ3v) is 6.92. The molecule has 148 valence electrons. The molecule has 1 saturated carbocycles. The number of aliphatic hydroxyl groups excluding tert-OH is 1. The van der Waals surface area contributed by atoms with Gasteiger partial charge < -0.3 is 19.7 Å². The molecule has 0 atom stereocenters. The number of hydrogen-bond acceptors (Lipinski definition) is 5. The summed E-state index contributed by atoms with van der Waals surface area (Å²) in [6.45, 7) is 8.25. The number of nitrogens with zero attached hydrogens (tertiary/aromatic N) is 2. The van der Waals surface area contributed by atoms with Gasteiger partial charge >= 0.3 is 0 Å². The standard InChI is InChI=1S/C20H31N3O3Si/c1-27(2,3)11-10-26-14-23-9-8-18-19(15(13-24)12-21-20(18)23)22-16-4-6-17(25)7-5-16/h8-9,12-13,16-17,25H,4-7,10-11,14H2,1-3H3,(H,21,22). The Morgan fingerprint density at radius 3 is 2.74 bits per heavy atom. The predicted octanol–water partition coefficient (Wildman–Crippen LogP) is 3.88. The number of carbonyl (C=O) groups is 1. The van der Waals surface area contributed by atoms with E-state index in [2.05, 4.69) is 29.9 Å². The second-order valence-electron chi connectivity index (χ2n) is 8.73. The smallest absolute Gasteiger partial charge is 0.153 e. The fourth-order valence-electron chi connectivity index (χ4n) is 3.47. The molecule has 0 aromatic carbocycles. The fraction of sp³-hybridized carbons (Fsp3) is 0.600. The van der Waals surface area contributed by atoms with Crippen molar-refractivity contribution >= 4 is 31.1 Å². The quantitative estimate of drug-likeness (QED) is 0.407. The summed E-state index contributed by atoms with van der Waals surface area (Å²) >= 11 is 0. The minimum Gasteiger partial charge on any atom is -0.393 e.